The summed E-state index contributed by atoms with van der Waals surface area (Å²) in [5.74, 6) is -0.297. The van der Waals surface area contributed by atoms with Gasteiger partial charge in [0, 0.05) is 29.1 Å². The number of rotatable bonds is 2. The van der Waals surface area contributed by atoms with Crippen molar-refractivity contribution in [2.45, 2.75) is 39.8 Å². The fourth-order valence-corrected chi connectivity index (χ4v) is 3.22. The molecule has 0 bridgehead atoms. The van der Waals surface area contributed by atoms with Crippen LogP contribution in [0.1, 0.15) is 38.2 Å². The number of carbonyl (C=O) groups is 1. The zero-order chi connectivity index (χ0) is 14.4. The van der Waals surface area contributed by atoms with Gasteiger partial charge in [0.05, 0.1) is 6.20 Å². The first kappa shape index (κ1) is 13.7. The monoisotopic (exact) mass is 264 g/mol. The molecule has 19 heavy (non-hydrogen) atoms. The molecule has 0 saturated heterocycles. The molecule has 6 heteroatoms. The van der Waals surface area contributed by atoms with Gasteiger partial charge in [-0.25, -0.2) is 4.98 Å². The Morgan fingerprint density at radius 2 is 1.95 bits per heavy atom. The Balaban J connectivity index is 2.16. The molecule has 0 unspecified atom stereocenters. The van der Waals surface area contributed by atoms with Crippen molar-refractivity contribution < 1.29 is 4.79 Å². The van der Waals surface area contributed by atoms with E-state index in [0.717, 1.165) is 6.20 Å². The predicted molar refractivity (Wildman–Crippen MR) is 71.6 cm³/mol. The van der Waals surface area contributed by atoms with E-state index in [4.69, 9.17) is 5.73 Å². The van der Waals surface area contributed by atoms with Crippen LogP contribution in [-0.4, -0.2) is 28.0 Å². The smallest absolute Gasteiger partial charge is 0.271 e. The number of aromatic amines is 1. The minimum Gasteiger partial charge on any atom is -0.347 e. The Bertz CT molecular complexity index is 526. The van der Waals surface area contributed by atoms with Gasteiger partial charge in [-0.3, -0.25) is 9.59 Å². The third-order valence-corrected chi connectivity index (χ3v) is 4.27. The number of H-pyrrole nitrogens is 1. The Hall–Kier alpha value is -1.69. The summed E-state index contributed by atoms with van der Waals surface area (Å²) in [6.45, 7) is 8.14. The minimum atomic E-state index is -0.331. The van der Waals surface area contributed by atoms with E-state index in [1.54, 1.807) is 0 Å². The molecular weight excluding hydrogens is 244 g/mol. The average molecular weight is 264 g/mol. The molecule has 1 aromatic heterocycles. The summed E-state index contributed by atoms with van der Waals surface area (Å²) in [4.78, 5) is 29.3. The highest BCUT2D eigenvalue weighted by Crippen LogP contribution is 2.52. The maximum Gasteiger partial charge on any atom is 0.271 e. The van der Waals surface area contributed by atoms with E-state index in [1.165, 1.54) is 6.20 Å². The first-order valence-corrected chi connectivity index (χ1v) is 6.28. The fraction of sp³-hybridized carbons (Fsp3) is 0.615. The summed E-state index contributed by atoms with van der Waals surface area (Å²) in [6.07, 6.45) is 2.41. The molecule has 1 fully saturated rings. The lowest BCUT2D eigenvalue weighted by Crippen LogP contribution is -2.76. The van der Waals surface area contributed by atoms with Gasteiger partial charge in [0.15, 0.2) is 0 Å². The van der Waals surface area contributed by atoms with Crippen LogP contribution < -0.4 is 16.6 Å². The maximum atomic E-state index is 12.1. The summed E-state index contributed by atoms with van der Waals surface area (Å²) in [7, 11) is 0. The second kappa shape index (κ2) is 4.16. The molecule has 1 aliphatic carbocycles. The van der Waals surface area contributed by atoms with Gasteiger partial charge in [0.1, 0.15) is 5.69 Å². The lowest BCUT2D eigenvalue weighted by atomic mass is 9.48. The largest absolute Gasteiger partial charge is 0.347 e. The third-order valence-electron chi connectivity index (χ3n) is 4.27. The summed E-state index contributed by atoms with van der Waals surface area (Å²) in [5, 5.41) is 2.96. The van der Waals surface area contributed by atoms with Gasteiger partial charge < -0.3 is 16.0 Å². The van der Waals surface area contributed by atoms with E-state index in [9.17, 15) is 9.59 Å². The predicted octanol–water partition coefficient (Wildman–Crippen LogP) is 0.262. The summed E-state index contributed by atoms with van der Waals surface area (Å²) >= 11 is 0. The second-order valence-electron chi connectivity index (χ2n) is 6.32. The SMILES string of the molecule is CC1(C)C(N)C(C)(C)C1NC(=O)c1c[nH]c(=O)cn1. The molecule has 0 spiro atoms. The van der Waals surface area contributed by atoms with Gasteiger partial charge in [-0.1, -0.05) is 27.7 Å². The molecule has 1 aromatic rings. The van der Waals surface area contributed by atoms with Crippen molar-refractivity contribution in [2.24, 2.45) is 16.6 Å². The molecular formula is C13H20N4O2. The second-order valence-corrected chi connectivity index (χ2v) is 6.32. The molecule has 104 valence electrons. The Morgan fingerprint density at radius 1 is 1.37 bits per heavy atom. The Kier molecular flexibility index (Phi) is 3.01. The van der Waals surface area contributed by atoms with Crippen LogP contribution in [0.5, 0.6) is 0 Å². The molecule has 0 aromatic carbocycles. The highest BCUT2D eigenvalue weighted by atomic mass is 16.2. The van der Waals surface area contributed by atoms with Gasteiger partial charge in [-0.15, -0.1) is 0 Å². The Labute approximate surface area is 111 Å². The highest BCUT2D eigenvalue weighted by Gasteiger charge is 2.60. The van der Waals surface area contributed by atoms with Gasteiger partial charge in [-0.05, 0) is 0 Å². The van der Waals surface area contributed by atoms with Crippen molar-refractivity contribution in [2.75, 3.05) is 0 Å². The van der Waals surface area contributed by atoms with Crippen molar-refractivity contribution in [1.29, 1.82) is 0 Å². The minimum absolute atomic E-state index is 0.0221. The molecule has 1 aliphatic rings. The molecule has 6 nitrogen and oxygen atoms in total. The quantitative estimate of drug-likeness (QED) is 0.713. The number of carbonyl (C=O) groups excluding carboxylic acids is 1. The standard InChI is InChI=1S/C13H20N4O2/c1-12(2)10(14)13(3,4)11(12)17-9(19)7-5-16-8(18)6-15-7/h5-6,10-11H,14H2,1-4H3,(H,16,18)(H,17,19). The summed E-state index contributed by atoms with van der Waals surface area (Å²) in [5.41, 5.74) is 5.68. The molecule has 0 aliphatic heterocycles. The Morgan fingerprint density at radius 3 is 2.42 bits per heavy atom. The molecule has 0 atom stereocenters. The van der Waals surface area contributed by atoms with E-state index in [-0.39, 0.29) is 40.1 Å². The molecule has 2 rings (SSSR count). The topological polar surface area (TPSA) is 101 Å². The van der Waals surface area contributed by atoms with Crippen LogP contribution in [0.25, 0.3) is 0 Å². The first-order chi connectivity index (χ1) is 8.67. The number of nitrogens with one attached hydrogen (secondary N) is 2. The van der Waals surface area contributed by atoms with E-state index < -0.39 is 0 Å². The third kappa shape index (κ3) is 2.06. The van der Waals surface area contributed by atoms with Gasteiger partial charge in [0.25, 0.3) is 11.5 Å². The van der Waals surface area contributed by atoms with E-state index in [2.05, 4.69) is 15.3 Å². The van der Waals surface area contributed by atoms with E-state index >= 15 is 0 Å². The summed E-state index contributed by atoms with van der Waals surface area (Å²) in [6, 6.07) is -0.00920. The van der Waals surface area contributed by atoms with Crippen LogP contribution in [0, 0.1) is 10.8 Å². The van der Waals surface area contributed by atoms with Crippen LogP contribution in [0.2, 0.25) is 0 Å². The average Bonchev–Trinajstić information content (AvgIpc) is 2.35. The normalized spacial score (nSPS) is 27.4. The number of nitrogens with two attached hydrogens (primary N) is 1. The molecule has 1 saturated carbocycles. The number of hydrogen-bond acceptors (Lipinski definition) is 4. The van der Waals surface area contributed by atoms with Crippen LogP contribution in [0.15, 0.2) is 17.2 Å². The van der Waals surface area contributed by atoms with Gasteiger partial charge in [-0.2, -0.15) is 0 Å². The van der Waals surface area contributed by atoms with Crippen molar-refractivity contribution in [3.05, 3.63) is 28.4 Å². The number of nitrogens with zero attached hydrogens (tertiary/aromatic N) is 1. The van der Waals surface area contributed by atoms with Crippen molar-refractivity contribution in [1.82, 2.24) is 15.3 Å². The lowest BCUT2D eigenvalue weighted by Gasteiger charge is -2.62. The van der Waals surface area contributed by atoms with Crippen molar-refractivity contribution >= 4 is 5.91 Å². The molecule has 1 amide bonds. The van der Waals surface area contributed by atoms with Gasteiger partial charge >= 0.3 is 0 Å². The van der Waals surface area contributed by atoms with Crippen LogP contribution in [0.4, 0.5) is 0 Å². The van der Waals surface area contributed by atoms with Gasteiger partial charge in [0.2, 0.25) is 0 Å². The maximum absolute atomic E-state index is 12.1. The van der Waals surface area contributed by atoms with Crippen LogP contribution in [-0.2, 0) is 0 Å². The highest BCUT2D eigenvalue weighted by molar-refractivity contribution is 5.92. The van der Waals surface area contributed by atoms with Crippen molar-refractivity contribution in [3.8, 4) is 0 Å². The first-order valence-electron chi connectivity index (χ1n) is 6.28. The molecule has 4 N–H and O–H groups in total. The number of hydrogen-bond donors (Lipinski definition) is 3. The molecule has 0 radical (unpaired) electrons. The molecule has 1 heterocycles. The lowest BCUT2D eigenvalue weighted by molar-refractivity contribution is -0.0664. The van der Waals surface area contributed by atoms with E-state index in [1.807, 2.05) is 27.7 Å². The zero-order valence-corrected chi connectivity index (χ0v) is 11.7. The number of aromatic nitrogens is 2. The van der Waals surface area contributed by atoms with E-state index in [0.29, 0.717) is 0 Å². The summed E-state index contributed by atoms with van der Waals surface area (Å²) < 4.78 is 0. The van der Waals surface area contributed by atoms with Crippen LogP contribution >= 0.6 is 0 Å². The van der Waals surface area contributed by atoms with Crippen molar-refractivity contribution in [3.63, 3.8) is 0 Å². The fourth-order valence-electron chi connectivity index (χ4n) is 3.22. The van der Waals surface area contributed by atoms with Crippen LogP contribution in [0.3, 0.4) is 0 Å². The number of amides is 1. The zero-order valence-electron chi connectivity index (χ0n) is 11.7.